The van der Waals surface area contributed by atoms with E-state index in [-0.39, 0.29) is 18.6 Å². The molecule has 0 fully saturated rings. The van der Waals surface area contributed by atoms with Gasteiger partial charge in [0, 0.05) is 0 Å². The van der Waals surface area contributed by atoms with Crippen LogP contribution in [0.25, 0.3) is 11.0 Å². The smallest absolute Gasteiger partial charge is 0.258 e. The van der Waals surface area contributed by atoms with Crippen LogP contribution in [0.1, 0.15) is 50.5 Å². The molecule has 2 aromatic carbocycles. The number of amides is 1. The van der Waals surface area contributed by atoms with Crippen molar-refractivity contribution >= 4 is 16.9 Å². The summed E-state index contributed by atoms with van der Waals surface area (Å²) in [6.07, 6.45) is 1.02. The highest BCUT2D eigenvalue weighted by Gasteiger charge is 2.15. The lowest BCUT2D eigenvalue weighted by Crippen LogP contribution is -2.31. The number of nitrogens with zero attached hydrogens (tertiary/aromatic N) is 1. The summed E-state index contributed by atoms with van der Waals surface area (Å²) in [4.78, 5) is 20.0. The maximum absolute atomic E-state index is 12.3. The summed E-state index contributed by atoms with van der Waals surface area (Å²) < 4.78 is 5.77. The Hall–Kier alpha value is -2.82. The molecule has 0 aliphatic heterocycles. The minimum absolute atomic E-state index is 0.0159. The van der Waals surface area contributed by atoms with Crippen molar-refractivity contribution in [3.05, 3.63) is 59.9 Å². The lowest BCUT2D eigenvalue weighted by atomic mass is 9.98. The Bertz CT molecular complexity index is 855. The van der Waals surface area contributed by atoms with Gasteiger partial charge in [-0.25, -0.2) is 4.98 Å². The molecule has 5 nitrogen and oxygen atoms in total. The minimum atomic E-state index is -0.219. The van der Waals surface area contributed by atoms with E-state index in [1.54, 1.807) is 0 Å². The highest BCUT2D eigenvalue weighted by Crippen LogP contribution is 2.28. The lowest BCUT2D eigenvalue weighted by molar-refractivity contribution is -0.123. The molecule has 3 rings (SSSR count). The summed E-state index contributed by atoms with van der Waals surface area (Å²) in [5.41, 5.74) is 2.98. The second-order valence-corrected chi connectivity index (χ2v) is 6.56. The SMILES string of the molecule is CCC(C)c1ccccc1OCC(=O)N[C@@H](C)c1nc2ccccc2[nH]1. The molecule has 5 heteroatoms. The molecule has 3 aromatic rings. The van der Waals surface area contributed by atoms with E-state index in [1.165, 1.54) is 0 Å². The maximum Gasteiger partial charge on any atom is 0.258 e. The van der Waals surface area contributed by atoms with Gasteiger partial charge in [-0.05, 0) is 43.0 Å². The number of carbonyl (C=O) groups is 1. The Morgan fingerprint density at radius 3 is 2.65 bits per heavy atom. The number of nitrogens with one attached hydrogen (secondary N) is 2. The number of carbonyl (C=O) groups excluding carboxylic acids is 1. The average molecular weight is 351 g/mol. The van der Waals surface area contributed by atoms with Crippen molar-refractivity contribution in [1.29, 1.82) is 0 Å². The van der Waals surface area contributed by atoms with Crippen LogP contribution in [0.4, 0.5) is 0 Å². The van der Waals surface area contributed by atoms with Crippen molar-refractivity contribution in [2.75, 3.05) is 6.61 Å². The van der Waals surface area contributed by atoms with Gasteiger partial charge in [-0.2, -0.15) is 0 Å². The van der Waals surface area contributed by atoms with Gasteiger partial charge in [0.1, 0.15) is 11.6 Å². The molecule has 0 bridgehead atoms. The van der Waals surface area contributed by atoms with Gasteiger partial charge in [0.05, 0.1) is 17.1 Å². The number of aromatic nitrogens is 2. The molecule has 2 atom stereocenters. The van der Waals surface area contributed by atoms with Crippen LogP contribution in [-0.2, 0) is 4.79 Å². The van der Waals surface area contributed by atoms with E-state index >= 15 is 0 Å². The maximum atomic E-state index is 12.3. The third-order valence-electron chi connectivity index (χ3n) is 4.62. The first-order chi connectivity index (χ1) is 12.6. The Morgan fingerprint density at radius 2 is 1.88 bits per heavy atom. The summed E-state index contributed by atoms with van der Waals surface area (Å²) in [5, 5.41) is 2.93. The van der Waals surface area contributed by atoms with E-state index in [1.807, 2.05) is 49.4 Å². The number of ether oxygens (including phenoxy) is 1. The van der Waals surface area contributed by atoms with E-state index in [0.717, 1.165) is 34.6 Å². The number of imidazole rings is 1. The number of H-pyrrole nitrogens is 1. The standard InChI is InChI=1S/C21H25N3O2/c1-4-14(2)16-9-5-8-12-19(16)26-13-20(25)22-15(3)21-23-17-10-6-7-11-18(17)24-21/h5-12,14-15H,4,13H2,1-3H3,(H,22,25)(H,23,24)/t14?,15-/m0/s1. The number of benzene rings is 2. The van der Waals surface area contributed by atoms with Crippen LogP contribution in [0.5, 0.6) is 5.75 Å². The van der Waals surface area contributed by atoms with Gasteiger partial charge in [-0.15, -0.1) is 0 Å². The van der Waals surface area contributed by atoms with Crippen molar-refractivity contribution in [3.8, 4) is 5.75 Å². The van der Waals surface area contributed by atoms with Crippen LogP contribution in [0.3, 0.4) is 0 Å². The van der Waals surface area contributed by atoms with E-state index < -0.39 is 0 Å². The third-order valence-corrected chi connectivity index (χ3v) is 4.62. The summed E-state index contributed by atoms with van der Waals surface area (Å²) in [6, 6.07) is 15.5. The van der Waals surface area contributed by atoms with Gasteiger partial charge in [0.15, 0.2) is 6.61 Å². The molecular weight excluding hydrogens is 326 g/mol. The first-order valence-corrected chi connectivity index (χ1v) is 9.04. The Morgan fingerprint density at radius 1 is 1.15 bits per heavy atom. The van der Waals surface area contributed by atoms with Crippen LogP contribution in [0, 0.1) is 0 Å². The van der Waals surface area contributed by atoms with E-state index in [4.69, 9.17) is 4.74 Å². The van der Waals surface area contributed by atoms with E-state index in [9.17, 15) is 4.79 Å². The molecule has 1 aromatic heterocycles. The quantitative estimate of drug-likeness (QED) is 0.666. The van der Waals surface area contributed by atoms with Crippen molar-refractivity contribution in [2.45, 2.75) is 39.2 Å². The van der Waals surface area contributed by atoms with Gasteiger partial charge in [-0.1, -0.05) is 44.2 Å². The largest absolute Gasteiger partial charge is 0.483 e. The van der Waals surface area contributed by atoms with Crippen LogP contribution < -0.4 is 10.1 Å². The fraction of sp³-hybridized carbons (Fsp3) is 0.333. The van der Waals surface area contributed by atoms with Gasteiger partial charge < -0.3 is 15.0 Å². The number of fused-ring (bicyclic) bond motifs is 1. The number of hydrogen-bond donors (Lipinski definition) is 2. The monoisotopic (exact) mass is 351 g/mol. The highest BCUT2D eigenvalue weighted by molar-refractivity contribution is 5.78. The summed E-state index contributed by atoms with van der Waals surface area (Å²) in [5.74, 6) is 1.73. The zero-order chi connectivity index (χ0) is 18.5. The van der Waals surface area contributed by atoms with Gasteiger partial charge in [-0.3, -0.25) is 4.79 Å². The second kappa shape index (κ2) is 8.04. The Kier molecular flexibility index (Phi) is 5.56. The Labute approximate surface area is 153 Å². The fourth-order valence-electron chi connectivity index (χ4n) is 2.91. The fourth-order valence-corrected chi connectivity index (χ4v) is 2.91. The molecule has 0 spiro atoms. The molecule has 1 heterocycles. The van der Waals surface area contributed by atoms with Gasteiger partial charge >= 0.3 is 0 Å². The Balaban J connectivity index is 1.60. The molecule has 2 N–H and O–H groups in total. The molecule has 0 radical (unpaired) electrons. The molecule has 0 saturated heterocycles. The van der Waals surface area contributed by atoms with Crippen LogP contribution in [0.2, 0.25) is 0 Å². The zero-order valence-electron chi connectivity index (χ0n) is 15.5. The normalized spacial score (nSPS) is 13.3. The minimum Gasteiger partial charge on any atom is -0.483 e. The van der Waals surface area contributed by atoms with Crippen LogP contribution >= 0.6 is 0 Å². The molecular formula is C21H25N3O2. The predicted octanol–water partition coefficient (Wildman–Crippen LogP) is 4.33. The number of aromatic amines is 1. The van der Waals surface area contributed by atoms with Gasteiger partial charge in [0.2, 0.25) is 0 Å². The molecule has 26 heavy (non-hydrogen) atoms. The molecule has 1 amide bonds. The topological polar surface area (TPSA) is 67.0 Å². The second-order valence-electron chi connectivity index (χ2n) is 6.56. The van der Waals surface area contributed by atoms with Crippen LogP contribution in [-0.4, -0.2) is 22.5 Å². The van der Waals surface area contributed by atoms with E-state index in [2.05, 4.69) is 35.2 Å². The molecule has 0 aliphatic rings. The summed E-state index contributed by atoms with van der Waals surface area (Å²) in [7, 11) is 0. The first kappa shape index (κ1) is 18.0. The van der Waals surface area contributed by atoms with E-state index in [0.29, 0.717) is 5.92 Å². The molecule has 1 unspecified atom stereocenters. The van der Waals surface area contributed by atoms with Crippen molar-refractivity contribution < 1.29 is 9.53 Å². The highest BCUT2D eigenvalue weighted by atomic mass is 16.5. The predicted molar refractivity (Wildman–Crippen MR) is 103 cm³/mol. The third kappa shape index (κ3) is 4.04. The first-order valence-electron chi connectivity index (χ1n) is 9.04. The zero-order valence-corrected chi connectivity index (χ0v) is 15.5. The number of para-hydroxylation sites is 3. The van der Waals surface area contributed by atoms with Gasteiger partial charge in [0.25, 0.3) is 5.91 Å². The van der Waals surface area contributed by atoms with Crippen molar-refractivity contribution in [2.24, 2.45) is 0 Å². The number of hydrogen-bond acceptors (Lipinski definition) is 3. The summed E-state index contributed by atoms with van der Waals surface area (Å²) in [6.45, 7) is 6.19. The molecule has 0 saturated carbocycles. The number of rotatable bonds is 7. The molecule has 0 aliphatic carbocycles. The van der Waals surface area contributed by atoms with Crippen LogP contribution in [0.15, 0.2) is 48.5 Å². The average Bonchev–Trinajstić information content (AvgIpc) is 3.10. The van der Waals surface area contributed by atoms with Crippen molar-refractivity contribution in [1.82, 2.24) is 15.3 Å². The van der Waals surface area contributed by atoms with Crippen molar-refractivity contribution in [3.63, 3.8) is 0 Å². The summed E-state index contributed by atoms with van der Waals surface area (Å²) >= 11 is 0. The lowest BCUT2D eigenvalue weighted by Gasteiger charge is -2.16. The molecule has 136 valence electrons.